The van der Waals surface area contributed by atoms with Gasteiger partial charge in [-0.05, 0) is 24.0 Å². The lowest BCUT2D eigenvalue weighted by Gasteiger charge is -2.21. The highest BCUT2D eigenvalue weighted by Gasteiger charge is 2.25. The number of likely N-dealkylation sites (N-methyl/N-ethyl adjacent to an activating group) is 1. The van der Waals surface area contributed by atoms with Gasteiger partial charge in [0, 0.05) is 26.7 Å². The van der Waals surface area contributed by atoms with Gasteiger partial charge in [0.25, 0.3) is 0 Å². The van der Waals surface area contributed by atoms with Crippen LogP contribution in [0.1, 0.15) is 24.0 Å². The van der Waals surface area contributed by atoms with E-state index in [4.69, 9.17) is 10.5 Å². The molecule has 1 aliphatic rings. The largest absolute Gasteiger partial charge is 0.377 e. The van der Waals surface area contributed by atoms with Crippen LogP contribution in [0.4, 0.5) is 0 Å². The number of benzene rings is 1. The molecule has 112 valence electrons. The third-order valence-corrected chi connectivity index (χ3v) is 5.41. The predicted molar refractivity (Wildman–Crippen MR) is 78.6 cm³/mol. The van der Waals surface area contributed by atoms with Crippen molar-refractivity contribution < 1.29 is 13.2 Å². The van der Waals surface area contributed by atoms with Crippen LogP contribution in [0, 0.1) is 0 Å². The van der Waals surface area contributed by atoms with Crippen molar-refractivity contribution >= 4 is 10.0 Å². The van der Waals surface area contributed by atoms with Crippen LogP contribution in [0.3, 0.4) is 0 Å². The first-order valence-corrected chi connectivity index (χ1v) is 8.46. The van der Waals surface area contributed by atoms with Crippen LogP contribution < -0.4 is 5.73 Å². The number of hydrogen-bond acceptors (Lipinski definition) is 4. The van der Waals surface area contributed by atoms with Gasteiger partial charge in [-0.3, -0.25) is 0 Å². The normalized spacial score (nSPS) is 19.6. The number of ether oxygens (including phenoxy) is 1. The first-order valence-electron chi connectivity index (χ1n) is 6.85. The van der Waals surface area contributed by atoms with E-state index in [9.17, 15) is 8.42 Å². The van der Waals surface area contributed by atoms with E-state index in [0.717, 1.165) is 30.6 Å². The first kappa shape index (κ1) is 15.4. The summed E-state index contributed by atoms with van der Waals surface area (Å²) in [6.45, 7) is 1.50. The molecule has 0 amide bonds. The van der Waals surface area contributed by atoms with Gasteiger partial charge >= 0.3 is 0 Å². The minimum atomic E-state index is -3.34. The van der Waals surface area contributed by atoms with Crippen molar-refractivity contribution in [2.45, 2.75) is 31.2 Å². The van der Waals surface area contributed by atoms with E-state index in [-0.39, 0.29) is 11.9 Å². The lowest BCUT2D eigenvalue weighted by atomic mass is 10.1. The fourth-order valence-corrected chi connectivity index (χ4v) is 3.68. The zero-order chi connectivity index (χ0) is 14.6. The Morgan fingerprint density at radius 1 is 1.35 bits per heavy atom. The van der Waals surface area contributed by atoms with Crippen molar-refractivity contribution in [3.63, 3.8) is 0 Å². The molecule has 1 aliphatic heterocycles. The minimum absolute atomic E-state index is 0.0103. The average Bonchev–Trinajstić information content (AvgIpc) is 2.92. The summed E-state index contributed by atoms with van der Waals surface area (Å²) in [4.78, 5) is 0. The van der Waals surface area contributed by atoms with Gasteiger partial charge in [0.15, 0.2) is 0 Å². The van der Waals surface area contributed by atoms with Crippen LogP contribution in [0.15, 0.2) is 24.3 Å². The summed E-state index contributed by atoms with van der Waals surface area (Å²) in [5.41, 5.74) is 7.30. The Kier molecular flexibility index (Phi) is 5.15. The Morgan fingerprint density at radius 2 is 2.05 bits per heavy atom. The molecular formula is C14H22N2O3S. The summed E-state index contributed by atoms with van der Waals surface area (Å²) >= 11 is 0. The zero-order valence-electron chi connectivity index (χ0n) is 11.8. The molecule has 1 heterocycles. The van der Waals surface area contributed by atoms with Crippen molar-refractivity contribution in [1.82, 2.24) is 4.31 Å². The SMILES string of the molecule is CN(CC1CCCO1)S(=O)(=O)Cc1ccccc1CN. The van der Waals surface area contributed by atoms with Crippen LogP contribution >= 0.6 is 0 Å². The van der Waals surface area contributed by atoms with Crippen LogP contribution in [0.2, 0.25) is 0 Å². The van der Waals surface area contributed by atoms with Gasteiger partial charge in [0.05, 0.1) is 11.9 Å². The second-order valence-corrected chi connectivity index (χ2v) is 7.22. The summed E-state index contributed by atoms with van der Waals surface area (Å²) in [5.74, 6) is -0.0103. The molecule has 1 atom stereocenters. The van der Waals surface area contributed by atoms with Gasteiger partial charge < -0.3 is 10.5 Å². The van der Waals surface area contributed by atoms with Crippen molar-refractivity contribution in [2.24, 2.45) is 5.73 Å². The van der Waals surface area contributed by atoms with Crippen molar-refractivity contribution in [3.05, 3.63) is 35.4 Å². The first-order chi connectivity index (χ1) is 9.53. The standard InChI is InChI=1S/C14H22N2O3S/c1-16(10-14-7-4-8-19-14)20(17,18)11-13-6-3-2-5-12(13)9-15/h2-3,5-6,14H,4,7-11,15H2,1H3. The lowest BCUT2D eigenvalue weighted by Crippen LogP contribution is -2.35. The van der Waals surface area contributed by atoms with Crippen molar-refractivity contribution in [2.75, 3.05) is 20.2 Å². The smallest absolute Gasteiger partial charge is 0.218 e. The number of sulfonamides is 1. The van der Waals surface area contributed by atoms with E-state index in [0.29, 0.717) is 13.1 Å². The predicted octanol–water partition coefficient (Wildman–Crippen LogP) is 1.09. The van der Waals surface area contributed by atoms with Gasteiger partial charge in [-0.1, -0.05) is 24.3 Å². The van der Waals surface area contributed by atoms with Crippen LogP contribution in [-0.4, -0.2) is 39.0 Å². The topological polar surface area (TPSA) is 72.6 Å². The molecular weight excluding hydrogens is 276 g/mol. The molecule has 0 aliphatic carbocycles. The van der Waals surface area contributed by atoms with Crippen LogP contribution in [0.25, 0.3) is 0 Å². The second kappa shape index (κ2) is 6.67. The molecule has 2 N–H and O–H groups in total. The summed E-state index contributed by atoms with van der Waals surface area (Å²) in [6.07, 6.45) is 1.97. The monoisotopic (exact) mass is 298 g/mol. The Morgan fingerprint density at radius 3 is 2.65 bits per heavy atom. The molecule has 6 heteroatoms. The summed E-state index contributed by atoms with van der Waals surface area (Å²) in [5, 5.41) is 0. The summed E-state index contributed by atoms with van der Waals surface area (Å²) in [6, 6.07) is 7.39. The van der Waals surface area contributed by atoms with E-state index in [1.807, 2.05) is 24.3 Å². The number of rotatable bonds is 6. The Balaban J connectivity index is 2.05. The maximum absolute atomic E-state index is 12.4. The third-order valence-electron chi connectivity index (χ3n) is 3.64. The van der Waals surface area contributed by atoms with E-state index < -0.39 is 10.0 Å². The fraction of sp³-hybridized carbons (Fsp3) is 0.571. The molecule has 0 aromatic heterocycles. The molecule has 1 saturated heterocycles. The van der Waals surface area contributed by atoms with Gasteiger partial charge in [0.2, 0.25) is 10.0 Å². The summed E-state index contributed by atoms with van der Waals surface area (Å²) < 4.78 is 31.7. The highest BCUT2D eigenvalue weighted by molar-refractivity contribution is 7.88. The van der Waals surface area contributed by atoms with Gasteiger partial charge in [-0.25, -0.2) is 12.7 Å². The minimum Gasteiger partial charge on any atom is -0.377 e. The van der Waals surface area contributed by atoms with E-state index in [1.54, 1.807) is 7.05 Å². The van der Waals surface area contributed by atoms with Crippen LogP contribution in [-0.2, 0) is 27.1 Å². The molecule has 1 fully saturated rings. The van der Waals surface area contributed by atoms with Crippen molar-refractivity contribution in [1.29, 1.82) is 0 Å². The number of hydrogen-bond donors (Lipinski definition) is 1. The zero-order valence-corrected chi connectivity index (χ0v) is 12.6. The molecule has 2 rings (SSSR count). The highest BCUT2D eigenvalue weighted by atomic mass is 32.2. The van der Waals surface area contributed by atoms with Gasteiger partial charge in [-0.15, -0.1) is 0 Å². The molecule has 1 aromatic rings. The molecule has 0 saturated carbocycles. The Bertz CT molecular complexity index is 539. The second-order valence-electron chi connectivity index (χ2n) is 5.14. The van der Waals surface area contributed by atoms with Crippen molar-refractivity contribution in [3.8, 4) is 0 Å². The molecule has 0 bridgehead atoms. The number of nitrogens with two attached hydrogens (primary N) is 1. The molecule has 5 nitrogen and oxygen atoms in total. The lowest BCUT2D eigenvalue weighted by molar-refractivity contribution is 0.0978. The Hall–Kier alpha value is -0.950. The molecule has 20 heavy (non-hydrogen) atoms. The van der Waals surface area contributed by atoms with E-state index in [1.165, 1.54) is 4.31 Å². The Labute approximate surface area is 120 Å². The van der Waals surface area contributed by atoms with E-state index >= 15 is 0 Å². The number of nitrogens with zero attached hydrogens (tertiary/aromatic N) is 1. The molecule has 0 spiro atoms. The van der Waals surface area contributed by atoms with Crippen LogP contribution in [0.5, 0.6) is 0 Å². The maximum atomic E-state index is 12.4. The molecule has 1 unspecified atom stereocenters. The molecule has 0 radical (unpaired) electrons. The third kappa shape index (κ3) is 3.79. The highest BCUT2D eigenvalue weighted by Crippen LogP contribution is 2.17. The average molecular weight is 298 g/mol. The maximum Gasteiger partial charge on any atom is 0.218 e. The quantitative estimate of drug-likeness (QED) is 0.853. The fourth-order valence-electron chi connectivity index (χ4n) is 2.39. The van der Waals surface area contributed by atoms with Gasteiger partial charge in [-0.2, -0.15) is 0 Å². The summed E-state index contributed by atoms with van der Waals surface area (Å²) in [7, 11) is -1.72. The van der Waals surface area contributed by atoms with Gasteiger partial charge in [0.1, 0.15) is 0 Å². The van der Waals surface area contributed by atoms with E-state index in [2.05, 4.69) is 0 Å². The molecule has 1 aromatic carbocycles.